The topological polar surface area (TPSA) is 92.2 Å². The summed E-state index contributed by atoms with van der Waals surface area (Å²) in [5.74, 6) is -0.0213. The van der Waals surface area contributed by atoms with E-state index in [9.17, 15) is 9.59 Å². The third kappa shape index (κ3) is 3.21. The van der Waals surface area contributed by atoms with Crippen LogP contribution in [0, 0.1) is 11.3 Å². The first kappa shape index (κ1) is 18.7. The number of thiophene rings is 1. The van der Waals surface area contributed by atoms with Gasteiger partial charge in [0.2, 0.25) is 0 Å². The molecule has 2 aliphatic rings. The van der Waals surface area contributed by atoms with Crippen LogP contribution in [0.15, 0.2) is 35.1 Å². The van der Waals surface area contributed by atoms with Crippen LogP contribution in [0.2, 0.25) is 0 Å². The zero-order chi connectivity index (χ0) is 20.7. The normalized spacial score (nSPS) is 16.1. The van der Waals surface area contributed by atoms with Gasteiger partial charge in [-0.2, -0.15) is 5.26 Å². The highest BCUT2D eigenvalue weighted by atomic mass is 32.1. The van der Waals surface area contributed by atoms with Gasteiger partial charge in [-0.15, -0.1) is 11.3 Å². The van der Waals surface area contributed by atoms with Crippen molar-refractivity contribution in [3.63, 3.8) is 0 Å². The number of pyridine rings is 1. The summed E-state index contributed by atoms with van der Waals surface area (Å²) < 4.78 is 0. The highest BCUT2D eigenvalue weighted by molar-refractivity contribution is 7.16. The second kappa shape index (κ2) is 7.50. The van der Waals surface area contributed by atoms with Crippen molar-refractivity contribution < 1.29 is 4.79 Å². The van der Waals surface area contributed by atoms with E-state index < -0.39 is 0 Å². The van der Waals surface area contributed by atoms with Crippen LogP contribution in [0.25, 0.3) is 10.9 Å². The smallest absolute Gasteiger partial charge is 0.254 e. The molecule has 8 heteroatoms. The number of anilines is 2. The van der Waals surface area contributed by atoms with E-state index in [0.717, 1.165) is 54.1 Å². The molecule has 7 nitrogen and oxygen atoms in total. The van der Waals surface area contributed by atoms with Crippen LogP contribution < -0.4 is 15.8 Å². The minimum atomic E-state index is -0.0735. The first-order valence-corrected chi connectivity index (χ1v) is 10.9. The molecule has 0 aliphatic carbocycles. The average molecular weight is 420 g/mol. The lowest BCUT2D eigenvalue weighted by atomic mass is 10.0. The van der Waals surface area contributed by atoms with E-state index in [2.05, 4.69) is 21.3 Å². The molecule has 0 radical (unpaired) electrons. The number of aromatic nitrogens is 1. The number of H-pyrrole nitrogens is 1. The van der Waals surface area contributed by atoms with Crippen molar-refractivity contribution in [2.75, 3.05) is 42.9 Å². The van der Waals surface area contributed by atoms with E-state index in [1.807, 2.05) is 29.2 Å². The molecule has 1 amide bonds. The van der Waals surface area contributed by atoms with Gasteiger partial charge in [0, 0.05) is 49.2 Å². The van der Waals surface area contributed by atoms with Crippen LogP contribution in [0.5, 0.6) is 0 Å². The molecular formula is C22H21N5O2S. The number of fused-ring (bicyclic) bond motifs is 3. The fraction of sp³-hybridized carbons (Fsp3) is 0.318. The molecule has 1 saturated heterocycles. The number of nitrogens with one attached hydrogen (secondary N) is 2. The maximum Gasteiger partial charge on any atom is 0.254 e. The van der Waals surface area contributed by atoms with Crippen molar-refractivity contribution in [1.29, 1.82) is 5.26 Å². The Labute approximate surface area is 177 Å². The quantitative estimate of drug-likeness (QED) is 0.666. The number of nitrogens with zero attached hydrogens (tertiary/aromatic N) is 3. The van der Waals surface area contributed by atoms with E-state index in [1.54, 1.807) is 6.07 Å². The van der Waals surface area contributed by atoms with Crippen LogP contribution in [0.4, 0.5) is 10.7 Å². The predicted molar refractivity (Wildman–Crippen MR) is 119 cm³/mol. The minimum Gasteiger partial charge on any atom is -0.384 e. The number of carbonyl (C=O) groups is 1. The number of carbonyl (C=O) groups excluding carboxylic acids is 1. The number of rotatable bonds is 2. The van der Waals surface area contributed by atoms with Crippen LogP contribution >= 0.6 is 11.3 Å². The number of hydrogen-bond acceptors (Lipinski definition) is 6. The average Bonchev–Trinajstić information content (AvgIpc) is 3.28. The Kier molecular flexibility index (Phi) is 4.68. The highest BCUT2D eigenvalue weighted by Gasteiger charge is 2.24. The van der Waals surface area contributed by atoms with Gasteiger partial charge in [0.25, 0.3) is 11.5 Å². The summed E-state index contributed by atoms with van der Waals surface area (Å²) in [6, 6.07) is 11.5. The molecular weight excluding hydrogens is 398 g/mol. The van der Waals surface area contributed by atoms with Crippen LogP contribution in [0.3, 0.4) is 0 Å². The number of piperazine rings is 1. The second-order valence-corrected chi connectivity index (χ2v) is 8.69. The monoisotopic (exact) mass is 419 g/mol. The van der Waals surface area contributed by atoms with Gasteiger partial charge in [0.15, 0.2) is 0 Å². The van der Waals surface area contributed by atoms with E-state index in [4.69, 9.17) is 5.26 Å². The lowest BCUT2D eigenvalue weighted by Crippen LogP contribution is -2.48. The Balaban J connectivity index is 1.35. The van der Waals surface area contributed by atoms with Crippen molar-refractivity contribution in [3.8, 4) is 6.07 Å². The summed E-state index contributed by atoms with van der Waals surface area (Å²) in [6.07, 6.45) is 1.73. The zero-order valence-corrected chi connectivity index (χ0v) is 17.2. The number of aromatic amines is 1. The van der Waals surface area contributed by atoms with Gasteiger partial charge in [-0.05, 0) is 43.2 Å². The molecule has 0 bridgehead atoms. The molecule has 5 rings (SSSR count). The molecule has 2 N–H and O–H groups in total. The predicted octanol–water partition coefficient (Wildman–Crippen LogP) is 2.78. The van der Waals surface area contributed by atoms with Crippen molar-refractivity contribution in [2.45, 2.75) is 12.8 Å². The summed E-state index contributed by atoms with van der Waals surface area (Å²) in [7, 11) is 0. The SMILES string of the molecule is N#Cc1ccc(N2CCN(C(=O)c3ccc4c5c(c(=O)[nH]c4c3)CCCN5)CC2)s1. The van der Waals surface area contributed by atoms with E-state index in [1.165, 1.54) is 11.3 Å². The van der Waals surface area contributed by atoms with Gasteiger partial charge >= 0.3 is 0 Å². The standard InChI is InChI=1S/C22H21N5O2S/c23-13-15-4-6-19(30-15)26-8-10-27(11-9-26)22(29)14-3-5-16-18(12-14)25-21(28)17-2-1-7-24-20(16)17/h3-6,12,24H,1-2,7-11H2,(H,25,28). The molecule has 2 aliphatic heterocycles. The Hall–Kier alpha value is -3.31. The fourth-order valence-corrected chi connectivity index (χ4v) is 5.12. The maximum absolute atomic E-state index is 13.1. The van der Waals surface area contributed by atoms with E-state index in [0.29, 0.717) is 29.0 Å². The molecule has 152 valence electrons. The van der Waals surface area contributed by atoms with Gasteiger partial charge in [0.1, 0.15) is 10.9 Å². The number of benzene rings is 1. The number of nitriles is 1. The lowest BCUT2D eigenvalue weighted by Gasteiger charge is -2.35. The maximum atomic E-state index is 13.1. The molecule has 0 spiro atoms. The number of hydrogen-bond donors (Lipinski definition) is 2. The summed E-state index contributed by atoms with van der Waals surface area (Å²) in [5.41, 5.74) is 2.92. The van der Waals surface area contributed by atoms with Gasteiger partial charge < -0.3 is 20.1 Å². The Bertz CT molecular complexity index is 1230. The Morgan fingerprint density at radius 2 is 1.97 bits per heavy atom. The molecule has 0 saturated carbocycles. The largest absolute Gasteiger partial charge is 0.384 e. The zero-order valence-electron chi connectivity index (χ0n) is 16.4. The highest BCUT2D eigenvalue weighted by Crippen LogP contribution is 2.29. The fourth-order valence-electron chi connectivity index (χ4n) is 4.26. The summed E-state index contributed by atoms with van der Waals surface area (Å²) in [5, 5.41) is 14.4. The second-order valence-electron chi connectivity index (χ2n) is 7.63. The van der Waals surface area contributed by atoms with E-state index >= 15 is 0 Å². The van der Waals surface area contributed by atoms with Gasteiger partial charge in [-0.3, -0.25) is 9.59 Å². The summed E-state index contributed by atoms with van der Waals surface area (Å²) in [6.45, 7) is 3.58. The Morgan fingerprint density at radius 3 is 2.73 bits per heavy atom. The van der Waals surface area contributed by atoms with Crippen LogP contribution in [0.1, 0.15) is 27.2 Å². The van der Waals surface area contributed by atoms with Gasteiger partial charge in [-0.25, -0.2) is 0 Å². The molecule has 0 unspecified atom stereocenters. The third-order valence-electron chi connectivity index (χ3n) is 5.85. The molecule has 2 aromatic heterocycles. The van der Waals surface area contributed by atoms with Crippen molar-refractivity contribution in [3.05, 3.63) is 56.7 Å². The third-order valence-corrected chi connectivity index (χ3v) is 6.90. The molecule has 1 aromatic carbocycles. The van der Waals surface area contributed by atoms with Crippen molar-refractivity contribution in [1.82, 2.24) is 9.88 Å². The van der Waals surface area contributed by atoms with Crippen molar-refractivity contribution in [2.24, 2.45) is 0 Å². The van der Waals surface area contributed by atoms with E-state index in [-0.39, 0.29) is 11.5 Å². The molecule has 1 fully saturated rings. The lowest BCUT2D eigenvalue weighted by molar-refractivity contribution is 0.0747. The van der Waals surface area contributed by atoms with Crippen LogP contribution in [-0.4, -0.2) is 48.5 Å². The molecule has 30 heavy (non-hydrogen) atoms. The first-order chi connectivity index (χ1) is 14.6. The summed E-state index contributed by atoms with van der Waals surface area (Å²) >= 11 is 1.48. The Morgan fingerprint density at radius 1 is 1.13 bits per heavy atom. The van der Waals surface area contributed by atoms with Crippen LogP contribution in [-0.2, 0) is 6.42 Å². The minimum absolute atomic E-state index is 0.0213. The number of amides is 1. The molecule has 4 heterocycles. The summed E-state index contributed by atoms with van der Waals surface area (Å²) in [4.78, 5) is 33.2. The van der Waals surface area contributed by atoms with Gasteiger partial charge in [-0.1, -0.05) is 0 Å². The molecule has 3 aromatic rings. The first-order valence-electron chi connectivity index (χ1n) is 10.1. The van der Waals surface area contributed by atoms with Crippen molar-refractivity contribution >= 4 is 38.8 Å². The molecule has 0 atom stereocenters. The van der Waals surface area contributed by atoms with Gasteiger partial charge in [0.05, 0.1) is 16.2 Å².